The summed E-state index contributed by atoms with van der Waals surface area (Å²) in [7, 11) is 0. The zero-order valence-corrected chi connectivity index (χ0v) is 14.1. The van der Waals surface area contributed by atoms with E-state index in [-0.39, 0.29) is 24.1 Å². The summed E-state index contributed by atoms with van der Waals surface area (Å²) in [5.74, 6) is -1.56. The van der Waals surface area contributed by atoms with E-state index in [0.717, 1.165) is 5.56 Å². The standard InChI is InChI=1S/C17H21F3N2O4/c18-17(19,20)26-14-3-1-12(2-4-14)5-8-21-15(23)11-22-9-6-13(7-10-22)16(24)25/h1-4,13H,5-11H2,(H,21,23)(H,24,25). The predicted molar refractivity (Wildman–Crippen MR) is 86.6 cm³/mol. The van der Waals surface area contributed by atoms with Crippen LogP contribution in [0.15, 0.2) is 24.3 Å². The number of piperidine rings is 1. The van der Waals surface area contributed by atoms with Crippen LogP contribution in [0.3, 0.4) is 0 Å². The number of carbonyl (C=O) groups excluding carboxylic acids is 1. The smallest absolute Gasteiger partial charge is 0.481 e. The highest BCUT2D eigenvalue weighted by atomic mass is 19.4. The highest BCUT2D eigenvalue weighted by Gasteiger charge is 2.31. The molecular weight excluding hydrogens is 353 g/mol. The fraction of sp³-hybridized carbons (Fsp3) is 0.529. The summed E-state index contributed by atoms with van der Waals surface area (Å²) in [4.78, 5) is 24.7. The number of aliphatic carboxylic acids is 1. The Morgan fingerprint density at radius 2 is 1.81 bits per heavy atom. The van der Waals surface area contributed by atoms with Crippen molar-refractivity contribution in [3.63, 3.8) is 0 Å². The van der Waals surface area contributed by atoms with E-state index in [2.05, 4.69) is 10.1 Å². The van der Waals surface area contributed by atoms with Crippen molar-refractivity contribution in [1.82, 2.24) is 10.2 Å². The molecule has 0 aromatic heterocycles. The number of likely N-dealkylation sites (tertiary alicyclic amines) is 1. The molecule has 0 atom stereocenters. The molecule has 0 unspecified atom stereocenters. The second kappa shape index (κ2) is 8.88. The monoisotopic (exact) mass is 374 g/mol. The lowest BCUT2D eigenvalue weighted by atomic mass is 9.97. The molecule has 0 spiro atoms. The largest absolute Gasteiger partial charge is 0.573 e. The first-order chi connectivity index (χ1) is 12.2. The Morgan fingerprint density at radius 1 is 1.19 bits per heavy atom. The average Bonchev–Trinajstić information content (AvgIpc) is 2.55. The molecule has 1 aromatic carbocycles. The summed E-state index contributed by atoms with van der Waals surface area (Å²) in [5.41, 5.74) is 0.780. The Hall–Kier alpha value is -2.29. The third-order valence-electron chi connectivity index (χ3n) is 4.20. The Bertz CT molecular complexity index is 611. The van der Waals surface area contributed by atoms with E-state index in [4.69, 9.17) is 5.11 Å². The van der Waals surface area contributed by atoms with Crippen molar-refractivity contribution in [1.29, 1.82) is 0 Å². The highest BCUT2D eigenvalue weighted by molar-refractivity contribution is 5.78. The van der Waals surface area contributed by atoms with Crippen LogP contribution in [0, 0.1) is 5.92 Å². The molecule has 0 bridgehead atoms. The van der Waals surface area contributed by atoms with E-state index in [1.54, 1.807) is 0 Å². The van der Waals surface area contributed by atoms with Crippen molar-refractivity contribution in [3.8, 4) is 5.75 Å². The summed E-state index contributed by atoms with van der Waals surface area (Å²) < 4.78 is 40.0. The summed E-state index contributed by atoms with van der Waals surface area (Å²) in [6.07, 6.45) is -3.16. The maximum Gasteiger partial charge on any atom is 0.573 e. The van der Waals surface area contributed by atoms with Crippen LogP contribution >= 0.6 is 0 Å². The maximum atomic E-state index is 12.1. The molecule has 0 radical (unpaired) electrons. The van der Waals surface area contributed by atoms with Gasteiger partial charge in [-0.15, -0.1) is 13.2 Å². The minimum Gasteiger partial charge on any atom is -0.481 e. The van der Waals surface area contributed by atoms with E-state index in [9.17, 15) is 22.8 Å². The fourth-order valence-electron chi connectivity index (χ4n) is 2.80. The van der Waals surface area contributed by atoms with Crippen molar-refractivity contribution in [3.05, 3.63) is 29.8 Å². The molecular formula is C17H21F3N2O4. The number of ether oxygens (including phenoxy) is 1. The molecule has 9 heteroatoms. The van der Waals surface area contributed by atoms with Gasteiger partial charge in [-0.3, -0.25) is 14.5 Å². The van der Waals surface area contributed by atoms with Crippen molar-refractivity contribution in [2.45, 2.75) is 25.6 Å². The Labute approximate surface area is 148 Å². The maximum absolute atomic E-state index is 12.1. The third-order valence-corrected chi connectivity index (χ3v) is 4.20. The number of halogens is 3. The van der Waals surface area contributed by atoms with Crippen molar-refractivity contribution >= 4 is 11.9 Å². The second-order valence-electron chi connectivity index (χ2n) is 6.18. The fourth-order valence-corrected chi connectivity index (χ4v) is 2.80. The van der Waals surface area contributed by atoms with Crippen molar-refractivity contribution in [2.75, 3.05) is 26.2 Å². The number of rotatable bonds is 7. The summed E-state index contributed by atoms with van der Waals surface area (Å²) in [6.45, 7) is 1.73. The molecule has 1 fully saturated rings. The van der Waals surface area contributed by atoms with Crippen LogP contribution in [0.2, 0.25) is 0 Å². The van der Waals surface area contributed by atoms with Gasteiger partial charge in [0.05, 0.1) is 12.5 Å². The van der Waals surface area contributed by atoms with E-state index < -0.39 is 12.3 Å². The number of nitrogens with zero attached hydrogens (tertiary/aromatic N) is 1. The molecule has 0 aliphatic carbocycles. The number of carbonyl (C=O) groups is 2. The van der Waals surface area contributed by atoms with Crippen LogP contribution in [0.5, 0.6) is 5.75 Å². The van der Waals surface area contributed by atoms with Gasteiger partial charge in [0.1, 0.15) is 5.75 Å². The zero-order chi connectivity index (χ0) is 19.2. The second-order valence-corrected chi connectivity index (χ2v) is 6.18. The molecule has 6 nitrogen and oxygen atoms in total. The normalized spacial score (nSPS) is 16.3. The molecule has 1 heterocycles. The SMILES string of the molecule is O=C(CN1CCC(C(=O)O)CC1)NCCc1ccc(OC(F)(F)F)cc1. The van der Waals surface area contributed by atoms with Gasteiger partial charge < -0.3 is 15.2 Å². The Morgan fingerprint density at radius 3 is 2.35 bits per heavy atom. The number of nitrogens with one attached hydrogen (secondary N) is 1. The van der Waals surface area contributed by atoms with Gasteiger partial charge in [0.25, 0.3) is 0 Å². The molecule has 26 heavy (non-hydrogen) atoms. The number of carboxylic acids is 1. The first kappa shape index (κ1) is 20.0. The average molecular weight is 374 g/mol. The number of carboxylic acid groups (broad SMARTS) is 1. The van der Waals surface area contributed by atoms with Gasteiger partial charge in [-0.25, -0.2) is 0 Å². The third kappa shape index (κ3) is 6.91. The lowest BCUT2D eigenvalue weighted by molar-refractivity contribution is -0.274. The molecule has 1 aromatic rings. The molecule has 1 aliphatic heterocycles. The van der Waals surface area contributed by atoms with Gasteiger partial charge in [-0.05, 0) is 50.0 Å². The van der Waals surface area contributed by atoms with Crippen LogP contribution < -0.4 is 10.1 Å². The summed E-state index contributed by atoms with van der Waals surface area (Å²) in [6, 6.07) is 5.50. The summed E-state index contributed by atoms with van der Waals surface area (Å²) in [5, 5.41) is 11.7. The molecule has 0 saturated carbocycles. The van der Waals surface area contributed by atoms with Crippen LogP contribution in [0.25, 0.3) is 0 Å². The van der Waals surface area contributed by atoms with Gasteiger partial charge in [0, 0.05) is 6.54 Å². The first-order valence-electron chi connectivity index (χ1n) is 8.29. The molecule has 1 saturated heterocycles. The quantitative estimate of drug-likeness (QED) is 0.764. The van der Waals surface area contributed by atoms with Gasteiger partial charge in [-0.1, -0.05) is 12.1 Å². The minimum absolute atomic E-state index is 0.157. The number of amides is 1. The lowest BCUT2D eigenvalue weighted by Crippen LogP contribution is -2.43. The molecule has 144 valence electrons. The predicted octanol–water partition coefficient (Wildman–Crippen LogP) is 2.04. The molecule has 1 aliphatic rings. The van der Waals surface area contributed by atoms with E-state index >= 15 is 0 Å². The van der Waals surface area contributed by atoms with Crippen molar-refractivity contribution in [2.24, 2.45) is 5.92 Å². The van der Waals surface area contributed by atoms with Gasteiger partial charge >= 0.3 is 12.3 Å². The molecule has 1 amide bonds. The van der Waals surface area contributed by atoms with E-state index in [1.165, 1.54) is 24.3 Å². The number of hydrogen-bond donors (Lipinski definition) is 2. The minimum atomic E-state index is -4.71. The van der Waals surface area contributed by atoms with Gasteiger partial charge in [0.15, 0.2) is 0 Å². The first-order valence-corrected chi connectivity index (χ1v) is 8.29. The van der Waals surface area contributed by atoms with Crippen LogP contribution in [-0.4, -0.2) is 54.4 Å². The lowest BCUT2D eigenvalue weighted by Gasteiger charge is -2.29. The number of hydrogen-bond acceptors (Lipinski definition) is 4. The number of alkyl halides is 3. The Kier molecular flexibility index (Phi) is 6.84. The number of benzene rings is 1. The Balaban J connectivity index is 1.66. The van der Waals surface area contributed by atoms with E-state index in [1.807, 2.05) is 4.90 Å². The van der Waals surface area contributed by atoms with Gasteiger partial charge in [-0.2, -0.15) is 0 Å². The van der Waals surface area contributed by atoms with Crippen LogP contribution in [0.4, 0.5) is 13.2 Å². The molecule has 2 N–H and O–H groups in total. The van der Waals surface area contributed by atoms with Gasteiger partial charge in [0.2, 0.25) is 5.91 Å². The van der Waals surface area contributed by atoms with Crippen molar-refractivity contribution < 1.29 is 32.6 Å². The van der Waals surface area contributed by atoms with Crippen LogP contribution in [0.1, 0.15) is 18.4 Å². The topological polar surface area (TPSA) is 78.9 Å². The molecule has 2 rings (SSSR count). The highest BCUT2D eigenvalue weighted by Crippen LogP contribution is 2.22. The van der Waals surface area contributed by atoms with Crippen LogP contribution in [-0.2, 0) is 16.0 Å². The van der Waals surface area contributed by atoms with E-state index in [0.29, 0.717) is 38.9 Å². The zero-order valence-electron chi connectivity index (χ0n) is 14.1. The summed E-state index contributed by atoms with van der Waals surface area (Å²) >= 11 is 0.